The summed E-state index contributed by atoms with van der Waals surface area (Å²) in [4.78, 5) is 23.6. The van der Waals surface area contributed by atoms with Gasteiger partial charge in [0.05, 0.1) is 16.8 Å². The quantitative estimate of drug-likeness (QED) is 0.384. The monoisotopic (exact) mass is 471 g/mol. The van der Waals surface area contributed by atoms with Crippen molar-refractivity contribution in [3.8, 4) is 39.2 Å². The minimum atomic E-state index is -0.196. The van der Waals surface area contributed by atoms with Crippen LogP contribution in [0, 0.1) is 13.8 Å². The molecule has 0 spiro atoms. The molecule has 9 heteroatoms. The third-order valence-electron chi connectivity index (χ3n) is 5.43. The van der Waals surface area contributed by atoms with E-state index in [2.05, 4.69) is 15.2 Å². The smallest absolute Gasteiger partial charge is 0.262 e. The van der Waals surface area contributed by atoms with Gasteiger partial charge in [0.2, 0.25) is 11.8 Å². The molecule has 0 saturated heterocycles. The first kappa shape index (κ1) is 21.7. The Morgan fingerprint density at radius 3 is 2.65 bits per heavy atom. The maximum atomic E-state index is 13.8. The van der Waals surface area contributed by atoms with Crippen molar-refractivity contribution in [2.24, 2.45) is 0 Å². The molecule has 5 aromatic rings. The summed E-state index contributed by atoms with van der Waals surface area (Å²) in [5.74, 6) is 1.19. The maximum Gasteiger partial charge on any atom is 0.262 e. The fourth-order valence-corrected chi connectivity index (χ4v) is 4.75. The van der Waals surface area contributed by atoms with Crippen molar-refractivity contribution < 1.29 is 9.52 Å². The van der Waals surface area contributed by atoms with E-state index in [4.69, 9.17) is 9.40 Å². The van der Waals surface area contributed by atoms with E-state index in [1.165, 1.54) is 17.4 Å². The van der Waals surface area contributed by atoms with E-state index in [1.807, 2.05) is 41.8 Å². The van der Waals surface area contributed by atoms with Crippen molar-refractivity contribution in [3.63, 3.8) is 0 Å². The number of aromatic nitrogens is 5. The number of nitrogens with zero attached hydrogens (tertiary/aromatic N) is 5. The van der Waals surface area contributed by atoms with E-state index >= 15 is 0 Å². The molecule has 5 rings (SSSR count). The van der Waals surface area contributed by atoms with Crippen LogP contribution in [-0.2, 0) is 13.0 Å². The molecule has 170 valence electrons. The molecule has 0 atom stereocenters. The highest BCUT2D eigenvalue weighted by Crippen LogP contribution is 2.33. The van der Waals surface area contributed by atoms with Crippen molar-refractivity contribution in [2.45, 2.75) is 26.8 Å². The number of aryl methyl sites for hydroxylation is 3. The lowest BCUT2D eigenvalue weighted by Crippen LogP contribution is -2.27. The summed E-state index contributed by atoms with van der Waals surface area (Å²) in [6, 6.07) is 15.0. The van der Waals surface area contributed by atoms with Gasteiger partial charge in [0, 0.05) is 29.9 Å². The second kappa shape index (κ2) is 9.03. The molecule has 1 aromatic carbocycles. The first-order chi connectivity index (χ1) is 16.5. The number of aromatic hydroxyl groups is 1. The highest BCUT2D eigenvalue weighted by atomic mass is 32.1. The Kier molecular flexibility index (Phi) is 5.77. The van der Waals surface area contributed by atoms with Crippen LogP contribution in [-0.4, -0.2) is 29.8 Å². The lowest BCUT2D eigenvalue weighted by molar-refractivity contribution is 0.473. The molecule has 4 aromatic heterocycles. The Balaban J connectivity index is 1.63. The number of rotatable bonds is 6. The van der Waals surface area contributed by atoms with Crippen LogP contribution in [0.25, 0.3) is 33.4 Å². The Morgan fingerprint density at radius 1 is 1.09 bits per heavy atom. The predicted molar refractivity (Wildman–Crippen MR) is 130 cm³/mol. The fourth-order valence-electron chi connectivity index (χ4n) is 3.78. The topological polar surface area (TPSA) is 107 Å². The van der Waals surface area contributed by atoms with Crippen molar-refractivity contribution in [2.75, 3.05) is 0 Å². The molecule has 0 fully saturated rings. The van der Waals surface area contributed by atoms with Gasteiger partial charge in [-0.25, -0.2) is 9.97 Å². The standard InChI is InChI=1S/C25H21N5O3S/c1-15-21(20-13-18(14-34-20)24-29-28-16(2)33-24)25(32)30(12-10-17-7-4-3-5-8-17)23(27-15)22-19(31)9-6-11-26-22/h3-9,11,13-14,31H,10,12H2,1-2H3. The van der Waals surface area contributed by atoms with E-state index in [0.29, 0.717) is 41.8 Å². The summed E-state index contributed by atoms with van der Waals surface area (Å²) < 4.78 is 7.12. The number of pyridine rings is 1. The molecular weight excluding hydrogens is 450 g/mol. The highest BCUT2D eigenvalue weighted by molar-refractivity contribution is 7.14. The largest absolute Gasteiger partial charge is 0.506 e. The van der Waals surface area contributed by atoms with Gasteiger partial charge in [0.1, 0.15) is 11.4 Å². The van der Waals surface area contributed by atoms with Crippen molar-refractivity contribution in [1.29, 1.82) is 0 Å². The van der Waals surface area contributed by atoms with Crippen LogP contribution in [0.5, 0.6) is 5.75 Å². The average molecular weight is 472 g/mol. The molecule has 34 heavy (non-hydrogen) atoms. The van der Waals surface area contributed by atoms with Gasteiger partial charge in [-0.3, -0.25) is 9.36 Å². The van der Waals surface area contributed by atoms with Gasteiger partial charge >= 0.3 is 0 Å². The Morgan fingerprint density at radius 2 is 1.91 bits per heavy atom. The third kappa shape index (κ3) is 4.13. The van der Waals surface area contributed by atoms with Crippen LogP contribution in [0.1, 0.15) is 17.1 Å². The van der Waals surface area contributed by atoms with Crippen molar-refractivity contribution >= 4 is 11.3 Å². The Hall–Kier alpha value is -4.11. The average Bonchev–Trinajstić information content (AvgIpc) is 3.48. The second-order valence-corrected chi connectivity index (χ2v) is 8.70. The predicted octanol–water partition coefficient (Wildman–Crippen LogP) is 4.65. The zero-order valence-electron chi connectivity index (χ0n) is 18.6. The van der Waals surface area contributed by atoms with Crippen molar-refractivity contribution in [1.82, 2.24) is 24.7 Å². The van der Waals surface area contributed by atoms with Gasteiger partial charge < -0.3 is 9.52 Å². The zero-order valence-corrected chi connectivity index (χ0v) is 19.4. The molecule has 0 saturated carbocycles. The number of benzene rings is 1. The zero-order chi connectivity index (χ0) is 23.7. The van der Waals surface area contributed by atoms with Gasteiger partial charge in [-0.05, 0) is 37.1 Å². The number of hydrogen-bond acceptors (Lipinski definition) is 8. The molecule has 0 aliphatic carbocycles. The lowest BCUT2D eigenvalue weighted by atomic mass is 10.1. The molecule has 1 N–H and O–H groups in total. The fraction of sp³-hybridized carbons (Fsp3) is 0.160. The highest BCUT2D eigenvalue weighted by Gasteiger charge is 2.21. The van der Waals surface area contributed by atoms with Gasteiger partial charge in [-0.2, -0.15) is 0 Å². The summed E-state index contributed by atoms with van der Waals surface area (Å²) in [6.45, 7) is 3.91. The van der Waals surface area contributed by atoms with E-state index in [0.717, 1.165) is 16.0 Å². The normalized spacial score (nSPS) is 11.1. The minimum absolute atomic E-state index is 0.0276. The Labute approximate surface area is 199 Å². The summed E-state index contributed by atoms with van der Waals surface area (Å²) in [5.41, 5.74) is 2.98. The molecule has 0 unspecified atom stereocenters. The van der Waals surface area contributed by atoms with Crippen LogP contribution < -0.4 is 5.56 Å². The molecule has 0 radical (unpaired) electrons. The van der Waals surface area contributed by atoms with Crippen LogP contribution >= 0.6 is 11.3 Å². The van der Waals surface area contributed by atoms with Crippen LogP contribution in [0.15, 0.2) is 69.3 Å². The number of thiophene rings is 1. The van der Waals surface area contributed by atoms with E-state index in [1.54, 1.807) is 30.7 Å². The molecule has 4 heterocycles. The number of hydrogen-bond donors (Lipinski definition) is 1. The van der Waals surface area contributed by atoms with Crippen LogP contribution in [0.2, 0.25) is 0 Å². The summed E-state index contributed by atoms with van der Waals surface area (Å²) in [5, 5.41) is 20.3. The molecule has 8 nitrogen and oxygen atoms in total. The molecular formula is C25H21N5O3S. The van der Waals surface area contributed by atoms with E-state index in [9.17, 15) is 9.90 Å². The third-order valence-corrected chi connectivity index (χ3v) is 6.38. The molecule has 0 amide bonds. The van der Waals surface area contributed by atoms with E-state index in [-0.39, 0.29) is 17.0 Å². The van der Waals surface area contributed by atoms with Gasteiger partial charge in [-0.15, -0.1) is 21.5 Å². The van der Waals surface area contributed by atoms with Gasteiger partial charge in [-0.1, -0.05) is 30.3 Å². The lowest BCUT2D eigenvalue weighted by Gasteiger charge is -2.16. The Bertz CT molecular complexity index is 1520. The van der Waals surface area contributed by atoms with E-state index < -0.39 is 0 Å². The first-order valence-corrected chi connectivity index (χ1v) is 11.6. The van der Waals surface area contributed by atoms with Crippen LogP contribution in [0.3, 0.4) is 0 Å². The van der Waals surface area contributed by atoms with Crippen LogP contribution in [0.4, 0.5) is 0 Å². The molecule has 0 bridgehead atoms. The molecule has 0 aliphatic heterocycles. The first-order valence-electron chi connectivity index (χ1n) is 10.7. The minimum Gasteiger partial charge on any atom is -0.506 e. The summed E-state index contributed by atoms with van der Waals surface area (Å²) in [6.07, 6.45) is 2.20. The van der Waals surface area contributed by atoms with Crippen molar-refractivity contribution in [3.05, 3.63) is 87.6 Å². The summed E-state index contributed by atoms with van der Waals surface area (Å²) >= 11 is 1.42. The SMILES string of the molecule is Cc1nnc(-c2csc(-c3c(C)nc(-c4ncccc4O)n(CCc4ccccc4)c3=O)c2)o1. The second-order valence-electron chi connectivity index (χ2n) is 7.79. The molecule has 0 aliphatic rings. The van der Waals surface area contributed by atoms with Gasteiger partial charge in [0.25, 0.3) is 5.56 Å². The summed E-state index contributed by atoms with van der Waals surface area (Å²) in [7, 11) is 0. The maximum absolute atomic E-state index is 13.8. The van der Waals surface area contributed by atoms with Gasteiger partial charge in [0.15, 0.2) is 5.82 Å².